The van der Waals surface area contributed by atoms with Gasteiger partial charge in [0, 0.05) is 19.6 Å². The summed E-state index contributed by atoms with van der Waals surface area (Å²) < 4.78 is 24.5. The van der Waals surface area contributed by atoms with Crippen LogP contribution < -0.4 is 5.32 Å². The van der Waals surface area contributed by atoms with Gasteiger partial charge in [0.2, 0.25) is 0 Å². The number of benzene rings is 1. The Labute approximate surface area is 121 Å². The first kappa shape index (κ1) is 14.0. The lowest BCUT2D eigenvalue weighted by atomic mass is 9.95. The average Bonchev–Trinajstić information content (AvgIpc) is 2.46. The molecular weight excluding hydrogens is 272 g/mol. The zero-order valence-electron chi connectivity index (χ0n) is 11.7. The fraction of sp³-hybridized carbons (Fsp3) is 0.600. The molecule has 1 aromatic carbocycles. The van der Waals surface area contributed by atoms with Crippen molar-refractivity contribution in [2.75, 3.05) is 31.9 Å². The Morgan fingerprint density at radius 3 is 2.55 bits per heavy atom. The van der Waals surface area contributed by atoms with E-state index in [4.69, 9.17) is 0 Å². The number of sulfone groups is 1. The van der Waals surface area contributed by atoms with E-state index in [0.717, 1.165) is 32.5 Å². The van der Waals surface area contributed by atoms with Crippen LogP contribution >= 0.6 is 0 Å². The van der Waals surface area contributed by atoms with Gasteiger partial charge in [-0.05, 0) is 31.5 Å². The summed E-state index contributed by atoms with van der Waals surface area (Å²) in [5.41, 5.74) is 1.26. The summed E-state index contributed by atoms with van der Waals surface area (Å²) >= 11 is 0. The van der Waals surface area contributed by atoms with Crippen molar-refractivity contribution in [2.45, 2.75) is 24.1 Å². The van der Waals surface area contributed by atoms with Gasteiger partial charge >= 0.3 is 0 Å². The highest BCUT2D eigenvalue weighted by atomic mass is 32.2. The van der Waals surface area contributed by atoms with E-state index in [1.165, 1.54) is 5.56 Å². The smallest absolute Gasteiger partial charge is 0.158 e. The summed E-state index contributed by atoms with van der Waals surface area (Å²) in [4.78, 5) is 2.31. The molecule has 110 valence electrons. The molecule has 2 aliphatic heterocycles. The highest BCUT2D eigenvalue weighted by molar-refractivity contribution is 7.92. The second-order valence-corrected chi connectivity index (χ2v) is 8.45. The molecule has 0 aromatic heterocycles. The predicted octanol–water partition coefficient (Wildman–Crippen LogP) is 1.04. The molecule has 1 spiro atoms. The van der Waals surface area contributed by atoms with E-state index >= 15 is 0 Å². The van der Waals surface area contributed by atoms with Crippen molar-refractivity contribution in [3.63, 3.8) is 0 Å². The molecule has 2 aliphatic rings. The van der Waals surface area contributed by atoms with Gasteiger partial charge in [-0.25, -0.2) is 8.42 Å². The minimum Gasteiger partial charge on any atom is -0.317 e. The predicted molar refractivity (Wildman–Crippen MR) is 80.3 cm³/mol. The number of hydrogen-bond acceptors (Lipinski definition) is 4. The number of nitrogens with one attached hydrogen (secondary N) is 1. The maximum absolute atomic E-state index is 12.5. The van der Waals surface area contributed by atoms with Crippen LogP contribution in [0.2, 0.25) is 0 Å². The molecule has 5 heteroatoms. The molecule has 1 aromatic rings. The van der Waals surface area contributed by atoms with E-state index in [0.29, 0.717) is 18.8 Å². The number of piperidine rings is 1. The van der Waals surface area contributed by atoms with Crippen LogP contribution in [0.25, 0.3) is 0 Å². The van der Waals surface area contributed by atoms with Crippen LogP contribution in [0.4, 0.5) is 0 Å². The Morgan fingerprint density at radius 2 is 1.85 bits per heavy atom. The summed E-state index contributed by atoms with van der Waals surface area (Å²) in [5.74, 6) is 0.305. The SMILES string of the molecule is O=S1(=O)CCN(Cc2ccccc2)CC12CCNCC2. The maximum Gasteiger partial charge on any atom is 0.158 e. The van der Waals surface area contributed by atoms with Crippen LogP contribution in [-0.4, -0.2) is 50.0 Å². The van der Waals surface area contributed by atoms with E-state index in [9.17, 15) is 8.42 Å². The molecule has 2 fully saturated rings. The minimum absolute atomic E-state index is 0.305. The number of nitrogens with zero attached hydrogens (tertiary/aromatic N) is 1. The van der Waals surface area contributed by atoms with Gasteiger partial charge in [-0.2, -0.15) is 0 Å². The Morgan fingerprint density at radius 1 is 1.15 bits per heavy atom. The molecule has 2 heterocycles. The number of hydrogen-bond donors (Lipinski definition) is 1. The zero-order valence-corrected chi connectivity index (χ0v) is 12.5. The van der Waals surface area contributed by atoms with Crippen molar-refractivity contribution < 1.29 is 8.42 Å². The lowest BCUT2D eigenvalue weighted by Gasteiger charge is -2.44. The summed E-state index contributed by atoms with van der Waals surface area (Å²) in [6, 6.07) is 10.3. The molecule has 4 nitrogen and oxygen atoms in total. The van der Waals surface area contributed by atoms with Gasteiger partial charge in [0.25, 0.3) is 0 Å². The van der Waals surface area contributed by atoms with Crippen LogP contribution in [0.1, 0.15) is 18.4 Å². The van der Waals surface area contributed by atoms with Gasteiger partial charge in [0.05, 0.1) is 10.5 Å². The molecule has 0 radical (unpaired) electrons. The summed E-state index contributed by atoms with van der Waals surface area (Å²) in [5, 5.41) is 3.28. The fourth-order valence-electron chi connectivity index (χ4n) is 3.38. The lowest BCUT2D eigenvalue weighted by Crippen LogP contribution is -2.59. The van der Waals surface area contributed by atoms with Gasteiger partial charge in [-0.15, -0.1) is 0 Å². The van der Waals surface area contributed by atoms with Crippen LogP contribution in [0.3, 0.4) is 0 Å². The number of rotatable bonds is 2. The van der Waals surface area contributed by atoms with E-state index in [-0.39, 0.29) is 0 Å². The highest BCUT2D eigenvalue weighted by Crippen LogP contribution is 2.33. The van der Waals surface area contributed by atoms with Gasteiger partial charge in [-0.1, -0.05) is 30.3 Å². The largest absolute Gasteiger partial charge is 0.317 e. The first-order valence-corrected chi connectivity index (χ1v) is 8.96. The quantitative estimate of drug-likeness (QED) is 0.885. The summed E-state index contributed by atoms with van der Waals surface area (Å²) in [7, 11) is -2.95. The normalized spacial score (nSPS) is 25.6. The topological polar surface area (TPSA) is 49.4 Å². The third-order valence-electron chi connectivity index (χ3n) is 4.61. The van der Waals surface area contributed by atoms with Crippen LogP contribution in [0.15, 0.2) is 30.3 Å². The lowest BCUT2D eigenvalue weighted by molar-refractivity contribution is 0.205. The standard InChI is InChI=1S/C15H22N2O2S/c18-20(19)11-10-17(12-14-4-2-1-3-5-14)13-15(20)6-8-16-9-7-15/h1-5,16H,6-13H2. The Balaban J connectivity index is 1.77. The Bertz CT molecular complexity index is 550. The van der Waals surface area contributed by atoms with Crippen LogP contribution in [0.5, 0.6) is 0 Å². The van der Waals surface area contributed by atoms with Crippen molar-refractivity contribution in [2.24, 2.45) is 0 Å². The summed E-state index contributed by atoms with van der Waals surface area (Å²) in [6.45, 7) is 3.83. The Kier molecular flexibility index (Phi) is 3.84. The minimum atomic E-state index is -2.95. The molecule has 0 atom stereocenters. The van der Waals surface area contributed by atoms with Crippen LogP contribution in [-0.2, 0) is 16.4 Å². The summed E-state index contributed by atoms with van der Waals surface area (Å²) in [6.07, 6.45) is 1.50. The monoisotopic (exact) mass is 294 g/mol. The average molecular weight is 294 g/mol. The molecular formula is C15H22N2O2S. The van der Waals surface area contributed by atoms with Crippen molar-refractivity contribution in [1.29, 1.82) is 0 Å². The molecule has 0 bridgehead atoms. The molecule has 20 heavy (non-hydrogen) atoms. The third kappa shape index (κ3) is 2.62. The molecule has 0 amide bonds. The van der Waals surface area contributed by atoms with Gasteiger partial charge in [-0.3, -0.25) is 4.90 Å². The molecule has 2 saturated heterocycles. The fourth-order valence-corrected chi connectivity index (χ4v) is 5.52. The molecule has 0 unspecified atom stereocenters. The maximum atomic E-state index is 12.5. The van der Waals surface area contributed by atoms with Crippen molar-refractivity contribution in [3.8, 4) is 0 Å². The van der Waals surface area contributed by atoms with Crippen molar-refractivity contribution in [3.05, 3.63) is 35.9 Å². The van der Waals surface area contributed by atoms with E-state index < -0.39 is 14.6 Å². The molecule has 1 N–H and O–H groups in total. The molecule has 3 rings (SSSR count). The van der Waals surface area contributed by atoms with Gasteiger partial charge in [0.1, 0.15) is 0 Å². The van der Waals surface area contributed by atoms with E-state index in [1.54, 1.807) is 0 Å². The second kappa shape index (κ2) is 5.47. The van der Waals surface area contributed by atoms with E-state index in [2.05, 4.69) is 22.3 Å². The highest BCUT2D eigenvalue weighted by Gasteiger charge is 2.48. The van der Waals surface area contributed by atoms with Gasteiger partial charge in [0.15, 0.2) is 9.84 Å². The molecule has 0 saturated carbocycles. The third-order valence-corrected chi connectivity index (χ3v) is 7.19. The zero-order chi connectivity index (χ0) is 14.1. The van der Waals surface area contributed by atoms with Gasteiger partial charge < -0.3 is 5.32 Å². The van der Waals surface area contributed by atoms with E-state index in [1.807, 2.05) is 18.2 Å². The molecule has 0 aliphatic carbocycles. The first-order chi connectivity index (χ1) is 9.61. The van der Waals surface area contributed by atoms with Crippen molar-refractivity contribution in [1.82, 2.24) is 10.2 Å². The van der Waals surface area contributed by atoms with Crippen molar-refractivity contribution >= 4 is 9.84 Å². The first-order valence-electron chi connectivity index (χ1n) is 7.31. The Hall–Kier alpha value is -0.910. The van der Waals surface area contributed by atoms with Crippen LogP contribution in [0, 0.1) is 0 Å². The second-order valence-electron chi connectivity index (χ2n) is 5.95.